The van der Waals surface area contributed by atoms with Gasteiger partial charge < -0.3 is 15.2 Å². The molecule has 0 amide bonds. The lowest BCUT2D eigenvalue weighted by Gasteiger charge is -2.13. The van der Waals surface area contributed by atoms with Gasteiger partial charge in [-0.05, 0) is 6.07 Å². The number of nitro groups is 1. The highest BCUT2D eigenvalue weighted by atomic mass is 35.5. The van der Waals surface area contributed by atoms with Crippen molar-refractivity contribution in [3.05, 3.63) is 33.1 Å². The van der Waals surface area contributed by atoms with Crippen LogP contribution < -0.4 is 5.32 Å². The maximum absolute atomic E-state index is 13.6. The topological polar surface area (TPSA) is 84.6 Å². The maximum atomic E-state index is 13.6. The summed E-state index contributed by atoms with van der Waals surface area (Å²) in [5.74, 6) is -0.921. The average Bonchev–Trinajstić information content (AvgIpc) is 2.31. The van der Waals surface area contributed by atoms with Crippen molar-refractivity contribution in [2.24, 2.45) is 0 Å². The summed E-state index contributed by atoms with van der Waals surface area (Å²) in [5.41, 5.74) is -0.788. The second-order valence-corrected chi connectivity index (χ2v) is 3.91. The number of methoxy groups -OCH3 is 1. The van der Waals surface area contributed by atoms with E-state index in [1.807, 2.05) is 0 Å². The average molecular weight is 279 g/mol. The largest absolute Gasteiger partial charge is 0.389 e. The molecule has 8 heteroatoms. The van der Waals surface area contributed by atoms with Gasteiger partial charge in [0.15, 0.2) is 11.5 Å². The van der Waals surface area contributed by atoms with Gasteiger partial charge in [-0.3, -0.25) is 10.1 Å². The first-order valence-electron chi connectivity index (χ1n) is 5.00. The maximum Gasteiger partial charge on any atom is 0.295 e. The number of benzene rings is 1. The highest BCUT2D eigenvalue weighted by molar-refractivity contribution is 6.31. The molecule has 0 saturated carbocycles. The fourth-order valence-electron chi connectivity index (χ4n) is 1.33. The highest BCUT2D eigenvalue weighted by Gasteiger charge is 2.21. The molecular weight excluding hydrogens is 267 g/mol. The molecule has 0 saturated heterocycles. The van der Waals surface area contributed by atoms with E-state index in [0.29, 0.717) is 0 Å². The van der Waals surface area contributed by atoms with E-state index in [0.717, 1.165) is 12.1 Å². The SMILES string of the molecule is COCC(O)CNc1c([N+](=O)[O-])ccc(Cl)c1F. The first-order chi connectivity index (χ1) is 8.47. The van der Waals surface area contributed by atoms with Gasteiger partial charge in [-0.1, -0.05) is 11.6 Å². The second-order valence-electron chi connectivity index (χ2n) is 3.50. The summed E-state index contributed by atoms with van der Waals surface area (Å²) in [6.45, 7) is -0.0606. The van der Waals surface area contributed by atoms with E-state index in [4.69, 9.17) is 11.6 Å². The number of nitro benzene ring substituents is 1. The standard InChI is InChI=1S/C10H12ClFN2O4/c1-18-5-6(15)4-13-10-8(14(16)17)3-2-7(11)9(10)12/h2-3,6,13,15H,4-5H2,1H3. The minimum absolute atomic E-state index is 0.0307. The molecule has 1 atom stereocenters. The summed E-state index contributed by atoms with van der Waals surface area (Å²) < 4.78 is 18.3. The van der Waals surface area contributed by atoms with E-state index in [1.165, 1.54) is 7.11 Å². The van der Waals surface area contributed by atoms with Gasteiger partial charge in [-0.25, -0.2) is 4.39 Å². The van der Waals surface area contributed by atoms with Crippen LogP contribution in [0.3, 0.4) is 0 Å². The predicted octanol–water partition coefficient (Wildman–Crippen LogP) is 1.81. The van der Waals surface area contributed by atoms with Crippen LogP contribution in [0.5, 0.6) is 0 Å². The Kier molecular flexibility index (Phi) is 5.26. The molecule has 2 N–H and O–H groups in total. The molecule has 0 bridgehead atoms. The molecule has 0 spiro atoms. The summed E-state index contributed by atoms with van der Waals surface area (Å²) >= 11 is 5.54. The Balaban J connectivity index is 2.92. The van der Waals surface area contributed by atoms with Crippen LogP contribution in [0.25, 0.3) is 0 Å². The second kappa shape index (κ2) is 6.48. The fourth-order valence-corrected chi connectivity index (χ4v) is 1.49. The van der Waals surface area contributed by atoms with E-state index >= 15 is 0 Å². The van der Waals surface area contributed by atoms with Crippen molar-refractivity contribution in [2.75, 3.05) is 25.6 Å². The van der Waals surface area contributed by atoms with Crippen LogP contribution in [0.2, 0.25) is 5.02 Å². The highest BCUT2D eigenvalue weighted by Crippen LogP contribution is 2.31. The first kappa shape index (κ1) is 14.6. The van der Waals surface area contributed by atoms with Gasteiger partial charge >= 0.3 is 0 Å². The molecule has 1 aromatic rings. The first-order valence-corrected chi connectivity index (χ1v) is 5.38. The van der Waals surface area contributed by atoms with Crippen molar-refractivity contribution in [3.8, 4) is 0 Å². The van der Waals surface area contributed by atoms with E-state index in [-0.39, 0.29) is 23.9 Å². The summed E-state index contributed by atoms with van der Waals surface area (Å²) in [4.78, 5) is 9.99. The molecule has 0 fully saturated rings. The van der Waals surface area contributed by atoms with E-state index < -0.39 is 22.5 Å². The molecule has 0 heterocycles. The van der Waals surface area contributed by atoms with Gasteiger partial charge in [0.2, 0.25) is 0 Å². The number of halogens is 2. The van der Waals surface area contributed by atoms with Crippen molar-refractivity contribution < 1.29 is 19.2 Å². The number of rotatable bonds is 6. The molecule has 1 unspecified atom stereocenters. The fraction of sp³-hybridized carbons (Fsp3) is 0.400. The number of nitrogens with one attached hydrogen (secondary N) is 1. The molecule has 0 aliphatic rings. The van der Waals surface area contributed by atoms with Gasteiger partial charge in [0.25, 0.3) is 5.69 Å². The third kappa shape index (κ3) is 3.52. The quantitative estimate of drug-likeness (QED) is 0.612. The molecule has 0 aromatic heterocycles. The zero-order chi connectivity index (χ0) is 13.7. The number of anilines is 1. The summed E-state index contributed by atoms with van der Waals surface area (Å²) in [6, 6.07) is 2.20. The zero-order valence-corrected chi connectivity index (χ0v) is 10.3. The third-order valence-corrected chi connectivity index (χ3v) is 2.43. The van der Waals surface area contributed by atoms with Crippen LogP contribution in [0.1, 0.15) is 0 Å². The van der Waals surface area contributed by atoms with Crippen molar-refractivity contribution in [1.82, 2.24) is 0 Å². The summed E-state index contributed by atoms with van der Waals surface area (Å²) in [6.07, 6.45) is -0.909. The van der Waals surface area contributed by atoms with Crippen LogP contribution in [-0.2, 0) is 4.74 Å². The molecular formula is C10H12ClFN2O4. The number of aliphatic hydroxyl groups excluding tert-OH is 1. The van der Waals surface area contributed by atoms with Crippen LogP contribution >= 0.6 is 11.6 Å². The zero-order valence-electron chi connectivity index (χ0n) is 9.52. The molecule has 0 radical (unpaired) electrons. The molecule has 18 heavy (non-hydrogen) atoms. The number of ether oxygens (including phenoxy) is 1. The van der Waals surface area contributed by atoms with Gasteiger partial charge in [0.05, 0.1) is 22.7 Å². The minimum atomic E-state index is -0.921. The van der Waals surface area contributed by atoms with E-state index in [2.05, 4.69) is 10.1 Å². The lowest BCUT2D eigenvalue weighted by Crippen LogP contribution is -2.24. The summed E-state index contributed by atoms with van der Waals surface area (Å²) in [7, 11) is 1.39. The predicted molar refractivity (Wildman–Crippen MR) is 64.4 cm³/mol. The molecule has 100 valence electrons. The number of aliphatic hydroxyl groups is 1. The van der Waals surface area contributed by atoms with Crippen LogP contribution in [0.15, 0.2) is 12.1 Å². The Morgan fingerprint density at radius 3 is 2.89 bits per heavy atom. The normalized spacial score (nSPS) is 12.2. The van der Waals surface area contributed by atoms with Crippen molar-refractivity contribution in [2.45, 2.75) is 6.10 Å². The Morgan fingerprint density at radius 2 is 2.33 bits per heavy atom. The van der Waals surface area contributed by atoms with E-state index in [9.17, 15) is 19.6 Å². The molecule has 1 rings (SSSR count). The van der Waals surface area contributed by atoms with Crippen LogP contribution in [0.4, 0.5) is 15.8 Å². The van der Waals surface area contributed by atoms with Crippen LogP contribution in [0, 0.1) is 15.9 Å². The third-order valence-electron chi connectivity index (χ3n) is 2.14. The lowest BCUT2D eigenvalue weighted by atomic mass is 10.2. The Bertz CT molecular complexity index is 444. The van der Waals surface area contributed by atoms with Gasteiger partial charge in [-0.15, -0.1) is 0 Å². The Morgan fingerprint density at radius 1 is 1.67 bits per heavy atom. The minimum Gasteiger partial charge on any atom is -0.389 e. The monoisotopic (exact) mass is 278 g/mol. The lowest BCUT2D eigenvalue weighted by molar-refractivity contribution is -0.384. The number of hydrogen-bond acceptors (Lipinski definition) is 5. The number of nitrogens with zero attached hydrogens (tertiary/aromatic N) is 1. The summed E-state index contributed by atoms with van der Waals surface area (Å²) in [5, 5.41) is 22.3. The van der Waals surface area contributed by atoms with Gasteiger partial charge in [-0.2, -0.15) is 0 Å². The van der Waals surface area contributed by atoms with Crippen molar-refractivity contribution in [3.63, 3.8) is 0 Å². The Labute approximate surface area is 107 Å². The van der Waals surface area contributed by atoms with Gasteiger partial charge in [0, 0.05) is 19.7 Å². The Hall–Kier alpha value is -1.44. The molecule has 0 aliphatic heterocycles. The van der Waals surface area contributed by atoms with E-state index in [1.54, 1.807) is 0 Å². The number of hydrogen-bond donors (Lipinski definition) is 2. The van der Waals surface area contributed by atoms with Crippen molar-refractivity contribution >= 4 is 23.0 Å². The molecule has 0 aliphatic carbocycles. The van der Waals surface area contributed by atoms with Crippen LogP contribution in [-0.4, -0.2) is 36.4 Å². The van der Waals surface area contributed by atoms with Gasteiger partial charge in [0.1, 0.15) is 0 Å². The molecule has 6 nitrogen and oxygen atoms in total. The molecule has 1 aromatic carbocycles. The smallest absolute Gasteiger partial charge is 0.295 e. The van der Waals surface area contributed by atoms with Crippen molar-refractivity contribution in [1.29, 1.82) is 0 Å².